The van der Waals surface area contributed by atoms with E-state index in [1.165, 1.54) is 30.3 Å². The van der Waals surface area contributed by atoms with E-state index in [1.807, 2.05) is 0 Å². The van der Waals surface area contributed by atoms with E-state index in [4.69, 9.17) is 4.74 Å². The van der Waals surface area contributed by atoms with Crippen molar-refractivity contribution in [1.82, 2.24) is 0 Å². The highest BCUT2D eigenvalue weighted by molar-refractivity contribution is 9.10. The van der Waals surface area contributed by atoms with Gasteiger partial charge in [-0.3, -0.25) is 4.79 Å². The number of ether oxygens (including phenoxy) is 1. The van der Waals surface area contributed by atoms with Crippen molar-refractivity contribution in [2.75, 3.05) is 0 Å². The predicted octanol–water partition coefficient (Wildman–Crippen LogP) is 4.33. The van der Waals surface area contributed by atoms with Gasteiger partial charge in [-0.05, 0) is 46.3 Å². The van der Waals surface area contributed by atoms with Gasteiger partial charge in [-0.15, -0.1) is 0 Å². The molecule has 0 aliphatic heterocycles. The Bertz CT molecular complexity index is 600. The van der Waals surface area contributed by atoms with Crippen molar-refractivity contribution in [2.24, 2.45) is 0 Å². The fourth-order valence-electron chi connectivity index (χ4n) is 1.40. The Hall–Kier alpha value is -1.75. The molecule has 5 heteroatoms. The highest BCUT2D eigenvalue weighted by atomic mass is 79.9. The molecule has 2 aromatic rings. The van der Waals surface area contributed by atoms with E-state index >= 15 is 0 Å². The van der Waals surface area contributed by atoms with Crippen LogP contribution in [-0.2, 0) is 0 Å². The molecule has 0 saturated heterocycles. The summed E-state index contributed by atoms with van der Waals surface area (Å²) in [6, 6.07) is 7.86. The maximum Gasteiger partial charge on any atom is 0.156 e. The van der Waals surface area contributed by atoms with Gasteiger partial charge in [0.2, 0.25) is 0 Å². The summed E-state index contributed by atoms with van der Waals surface area (Å²) in [4.78, 5) is 10.8. The van der Waals surface area contributed by atoms with Crippen LogP contribution < -0.4 is 4.74 Å². The lowest BCUT2D eigenvalue weighted by Gasteiger charge is -2.09. The number of aldehydes is 1. The van der Waals surface area contributed by atoms with Crippen molar-refractivity contribution in [2.45, 2.75) is 0 Å². The van der Waals surface area contributed by atoms with Crippen LogP contribution in [0, 0.1) is 11.6 Å². The Morgan fingerprint density at radius 3 is 2.56 bits per heavy atom. The third-order valence-corrected chi connectivity index (χ3v) is 2.86. The van der Waals surface area contributed by atoms with Crippen molar-refractivity contribution < 1.29 is 18.3 Å². The fourth-order valence-corrected chi connectivity index (χ4v) is 1.83. The van der Waals surface area contributed by atoms with Gasteiger partial charge in [0.05, 0.1) is 10.0 Å². The van der Waals surface area contributed by atoms with E-state index in [9.17, 15) is 13.6 Å². The second-order valence-corrected chi connectivity index (χ2v) is 4.30. The van der Waals surface area contributed by atoms with Gasteiger partial charge in [-0.1, -0.05) is 6.07 Å². The maximum atomic E-state index is 13.3. The lowest BCUT2D eigenvalue weighted by Crippen LogP contribution is -1.94. The molecule has 92 valence electrons. The minimum atomic E-state index is -0.666. The molecule has 0 spiro atoms. The quantitative estimate of drug-likeness (QED) is 0.788. The van der Waals surface area contributed by atoms with E-state index in [0.29, 0.717) is 16.5 Å². The number of hydrogen-bond donors (Lipinski definition) is 0. The predicted molar refractivity (Wildman–Crippen MR) is 66.0 cm³/mol. The molecule has 0 fully saturated rings. The third-order valence-electron chi connectivity index (χ3n) is 2.24. The molecule has 0 bridgehead atoms. The average Bonchev–Trinajstić information content (AvgIpc) is 2.33. The summed E-state index contributed by atoms with van der Waals surface area (Å²) in [7, 11) is 0. The summed E-state index contributed by atoms with van der Waals surface area (Å²) >= 11 is 3.12. The van der Waals surface area contributed by atoms with E-state index in [-0.39, 0.29) is 11.3 Å². The maximum absolute atomic E-state index is 13.3. The van der Waals surface area contributed by atoms with Gasteiger partial charge in [0, 0.05) is 0 Å². The Labute approximate surface area is 110 Å². The van der Waals surface area contributed by atoms with E-state index in [0.717, 1.165) is 6.07 Å². The lowest BCUT2D eigenvalue weighted by molar-refractivity contribution is 0.111. The van der Waals surface area contributed by atoms with Crippen LogP contribution in [0.25, 0.3) is 0 Å². The van der Waals surface area contributed by atoms with Gasteiger partial charge in [-0.25, -0.2) is 8.78 Å². The minimum absolute atomic E-state index is 0.0808. The van der Waals surface area contributed by atoms with Gasteiger partial charge in [0.15, 0.2) is 6.29 Å². The number of hydrogen-bond acceptors (Lipinski definition) is 2. The summed E-state index contributed by atoms with van der Waals surface area (Å²) in [5.74, 6) is -0.716. The number of benzene rings is 2. The van der Waals surface area contributed by atoms with Crippen molar-refractivity contribution >= 4 is 22.2 Å². The zero-order chi connectivity index (χ0) is 13.1. The molecule has 0 aliphatic rings. The van der Waals surface area contributed by atoms with Gasteiger partial charge in [-0.2, -0.15) is 0 Å². The summed E-state index contributed by atoms with van der Waals surface area (Å²) in [6.07, 6.45) is 0.377. The minimum Gasteiger partial charge on any atom is -0.455 e. The summed E-state index contributed by atoms with van der Waals surface area (Å²) in [5.41, 5.74) is -0.172. The van der Waals surface area contributed by atoms with Crippen LogP contribution in [0.1, 0.15) is 10.4 Å². The zero-order valence-electron chi connectivity index (χ0n) is 8.99. The lowest BCUT2D eigenvalue weighted by atomic mass is 10.2. The summed E-state index contributed by atoms with van der Waals surface area (Å²) in [6.45, 7) is 0. The molecule has 0 saturated carbocycles. The van der Waals surface area contributed by atoms with Crippen LogP contribution in [0.2, 0.25) is 0 Å². The zero-order valence-corrected chi connectivity index (χ0v) is 10.6. The van der Waals surface area contributed by atoms with Crippen LogP contribution in [0.4, 0.5) is 8.78 Å². The van der Waals surface area contributed by atoms with Crippen LogP contribution in [0.15, 0.2) is 40.9 Å². The highest BCUT2D eigenvalue weighted by Crippen LogP contribution is 2.32. The first-order valence-electron chi connectivity index (χ1n) is 4.98. The second-order valence-electron chi connectivity index (χ2n) is 3.45. The number of halogens is 3. The molecule has 18 heavy (non-hydrogen) atoms. The van der Waals surface area contributed by atoms with Crippen molar-refractivity contribution in [1.29, 1.82) is 0 Å². The molecule has 0 aliphatic carbocycles. The smallest absolute Gasteiger partial charge is 0.156 e. The van der Waals surface area contributed by atoms with Crippen molar-refractivity contribution in [3.05, 3.63) is 58.1 Å². The largest absolute Gasteiger partial charge is 0.455 e. The standard InChI is InChI=1S/C13H7BrF2O2/c14-10-6-8(15)4-5-13(10)18-12-3-1-2-11(16)9(12)7-17/h1-7H. The van der Waals surface area contributed by atoms with E-state index < -0.39 is 11.6 Å². The molecule has 0 unspecified atom stereocenters. The third kappa shape index (κ3) is 2.56. The number of rotatable bonds is 3. The Morgan fingerprint density at radius 2 is 1.89 bits per heavy atom. The Balaban J connectivity index is 2.40. The molecule has 0 amide bonds. The van der Waals surface area contributed by atoms with Crippen LogP contribution >= 0.6 is 15.9 Å². The number of carbonyl (C=O) groups is 1. The van der Waals surface area contributed by atoms with Crippen molar-refractivity contribution in [3.63, 3.8) is 0 Å². The second kappa shape index (κ2) is 5.27. The van der Waals surface area contributed by atoms with E-state index in [1.54, 1.807) is 0 Å². The van der Waals surface area contributed by atoms with E-state index in [2.05, 4.69) is 15.9 Å². The Kier molecular flexibility index (Phi) is 3.72. The molecule has 0 heterocycles. The molecule has 2 nitrogen and oxygen atoms in total. The van der Waals surface area contributed by atoms with Gasteiger partial charge in [0.1, 0.15) is 23.1 Å². The molecular weight excluding hydrogens is 306 g/mol. The molecular formula is C13H7BrF2O2. The van der Waals surface area contributed by atoms with Crippen LogP contribution in [0.5, 0.6) is 11.5 Å². The summed E-state index contributed by atoms with van der Waals surface area (Å²) < 4.78 is 32.0. The molecule has 0 N–H and O–H groups in total. The average molecular weight is 313 g/mol. The Morgan fingerprint density at radius 1 is 1.11 bits per heavy atom. The fraction of sp³-hybridized carbons (Fsp3) is 0. The van der Waals surface area contributed by atoms with Crippen LogP contribution in [0.3, 0.4) is 0 Å². The molecule has 0 atom stereocenters. The SMILES string of the molecule is O=Cc1c(F)cccc1Oc1ccc(F)cc1Br. The first kappa shape index (κ1) is 12.7. The highest BCUT2D eigenvalue weighted by Gasteiger charge is 2.11. The van der Waals surface area contributed by atoms with Gasteiger partial charge >= 0.3 is 0 Å². The topological polar surface area (TPSA) is 26.3 Å². The van der Waals surface area contributed by atoms with Crippen molar-refractivity contribution in [3.8, 4) is 11.5 Å². The van der Waals surface area contributed by atoms with Gasteiger partial charge in [0.25, 0.3) is 0 Å². The molecule has 2 aromatic carbocycles. The molecule has 2 rings (SSSR count). The summed E-state index contributed by atoms with van der Waals surface area (Å²) in [5, 5.41) is 0. The number of carbonyl (C=O) groups excluding carboxylic acids is 1. The normalized spacial score (nSPS) is 10.2. The van der Waals surface area contributed by atoms with Crippen LogP contribution in [-0.4, -0.2) is 6.29 Å². The first-order chi connectivity index (χ1) is 8.61. The molecule has 0 aromatic heterocycles. The van der Waals surface area contributed by atoms with Gasteiger partial charge < -0.3 is 4.74 Å². The first-order valence-corrected chi connectivity index (χ1v) is 5.77. The molecule has 0 radical (unpaired) electrons. The monoisotopic (exact) mass is 312 g/mol.